The Labute approximate surface area is 178 Å². The van der Waals surface area contributed by atoms with Crippen LogP contribution in [0.5, 0.6) is 0 Å². The number of rotatable bonds is 8. The molecule has 1 aromatic heterocycles. The summed E-state index contributed by atoms with van der Waals surface area (Å²) in [5.41, 5.74) is 8.79. The van der Waals surface area contributed by atoms with Crippen molar-refractivity contribution >= 4 is 10.9 Å². The first-order valence-electron chi connectivity index (χ1n) is 10.9. The molecule has 3 aromatic rings. The van der Waals surface area contributed by atoms with Crippen molar-refractivity contribution in [3.63, 3.8) is 0 Å². The SMILES string of the molecule is COC1CNCC(CCCC(N)c2ccc(F)cc2)(Cn2ccc3ccccc32)C1. The Morgan fingerprint density at radius 3 is 2.80 bits per heavy atom. The third-order valence-electron chi connectivity index (χ3n) is 6.57. The summed E-state index contributed by atoms with van der Waals surface area (Å²) in [6.07, 6.45) is 6.45. The number of piperidine rings is 1. The topological polar surface area (TPSA) is 52.2 Å². The van der Waals surface area contributed by atoms with Gasteiger partial charge in [-0.25, -0.2) is 4.39 Å². The van der Waals surface area contributed by atoms with Crippen molar-refractivity contribution in [2.45, 2.75) is 44.4 Å². The quantitative estimate of drug-likeness (QED) is 0.570. The van der Waals surface area contributed by atoms with Gasteiger partial charge in [-0.05, 0) is 54.5 Å². The van der Waals surface area contributed by atoms with E-state index in [0.29, 0.717) is 0 Å². The number of para-hydroxylation sites is 1. The highest BCUT2D eigenvalue weighted by Crippen LogP contribution is 2.37. The largest absolute Gasteiger partial charge is 0.380 e. The van der Waals surface area contributed by atoms with Gasteiger partial charge in [-0.1, -0.05) is 36.8 Å². The third kappa shape index (κ3) is 4.75. The summed E-state index contributed by atoms with van der Waals surface area (Å²) in [6, 6.07) is 17.2. The average Bonchev–Trinajstić information content (AvgIpc) is 3.17. The second-order valence-corrected chi connectivity index (χ2v) is 8.75. The number of fused-ring (bicyclic) bond motifs is 1. The molecule has 2 heterocycles. The van der Waals surface area contributed by atoms with Crippen LogP contribution in [-0.4, -0.2) is 30.9 Å². The number of hydrogen-bond acceptors (Lipinski definition) is 3. The van der Waals surface area contributed by atoms with Crippen LogP contribution >= 0.6 is 0 Å². The van der Waals surface area contributed by atoms with Gasteiger partial charge in [-0.15, -0.1) is 0 Å². The van der Waals surface area contributed by atoms with E-state index in [1.165, 1.54) is 23.0 Å². The lowest BCUT2D eigenvalue weighted by Gasteiger charge is -2.42. The number of benzene rings is 2. The van der Waals surface area contributed by atoms with E-state index in [9.17, 15) is 4.39 Å². The maximum Gasteiger partial charge on any atom is 0.123 e. The fourth-order valence-corrected chi connectivity index (χ4v) is 4.90. The number of nitrogens with two attached hydrogens (primary N) is 1. The van der Waals surface area contributed by atoms with E-state index in [1.54, 1.807) is 19.2 Å². The van der Waals surface area contributed by atoms with Gasteiger partial charge in [0, 0.05) is 49.9 Å². The molecule has 1 aliphatic heterocycles. The molecule has 0 bridgehead atoms. The molecule has 5 heteroatoms. The zero-order chi connectivity index (χ0) is 21.0. The van der Waals surface area contributed by atoms with Crippen LogP contribution in [0.1, 0.15) is 37.3 Å². The van der Waals surface area contributed by atoms with Crippen LogP contribution in [0.25, 0.3) is 10.9 Å². The van der Waals surface area contributed by atoms with Gasteiger partial charge >= 0.3 is 0 Å². The molecular formula is C25H32FN3O. The normalized spacial score (nSPS) is 23.0. The fraction of sp³-hybridized carbons (Fsp3) is 0.440. The number of methoxy groups -OCH3 is 1. The summed E-state index contributed by atoms with van der Waals surface area (Å²) in [5, 5.41) is 4.88. The average molecular weight is 410 g/mol. The standard InChI is InChI=1S/C25H32FN3O/c1-30-22-15-25(17-28-16-22,18-29-14-12-20-5-2-3-7-24(20)29)13-4-6-23(27)19-8-10-21(26)11-9-19/h2-3,5,7-12,14,22-23,28H,4,6,13,15-18,27H2,1H3. The minimum atomic E-state index is -0.220. The second-order valence-electron chi connectivity index (χ2n) is 8.75. The van der Waals surface area contributed by atoms with Crippen LogP contribution in [0.15, 0.2) is 60.8 Å². The monoisotopic (exact) mass is 409 g/mol. The molecule has 30 heavy (non-hydrogen) atoms. The Morgan fingerprint density at radius 2 is 2.00 bits per heavy atom. The number of hydrogen-bond donors (Lipinski definition) is 2. The summed E-state index contributed by atoms with van der Waals surface area (Å²) in [6.45, 7) is 2.84. The molecule has 0 saturated carbocycles. The predicted molar refractivity (Wildman–Crippen MR) is 120 cm³/mol. The number of nitrogens with zero attached hydrogens (tertiary/aromatic N) is 1. The summed E-state index contributed by atoms with van der Waals surface area (Å²) in [7, 11) is 1.80. The van der Waals surface area contributed by atoms with E-state index in [2.05, 4.69) is 46.4 Å². The molecule has 4 nitrogen and oxygen atoms in total. The van der Waals surface area contributed by atoms with Crippen molar-refractivity contribution in [3.8, 4) is 0 Å². The zero-order valence-corrected chi connectivity index (χ0v) is 17.7. The highest BCUT2D eigenvalue weighted by Gasteiger charge is 2.36. The van der Waals surface area contributed by atoms with Crippen LogP contribution in [-0.2, 0) is 11.3 Å². The summed E-state index contributed by atoms with van der Waals surface area (Å²) in [4.78, 5) is 0. The summed E-state index contributed by atoms with van der Waals surface area (Å²) >= 11 is 0. The first kappa shape index (κ1) is 21.0. The van der Waals surface area contributed by atoms with Crippen molar-refractivity contribution in [2.75, 3.05) is 20.2 Å². The van der Waals surface area contributed by atoms with Crippen LogP contribution in [0.2, 0.25) is 0 Å². The van der Waals surface area contributed by atoms with E-state index in [1.807, 2.05) is 0 Å². The zero-order valence-electron chi connectivity index (χ0n) is 17.7. The number of ether oxygens (including phenoxy) is 1. The first-order valence-corrected chi connectivity index (χ1v) is 10.9. The molecule has 1 fully saturated rings. The molecule has 160 valence electrons. The van der Waals surface area contributed by atoms with Gasteiger partial charge in [0.1, 0.15) is 5.82 Å². The molecule has 2 aromatic carbocycles. The highest BCUT2D eigenvalue weighted by molar-refractivity contribution is 5.79. The molecule has 0 aliphatic carbocycles. The Bertz CT molecular complexity index is 954. The molecule has 0 radical (unpaired) electrons. The van der Waals surface area contributed by atoms with Gasteiger partial charge in [0.25, 0.3) is 0 Å². The lowest BCUT2D eigenvalue weighted by molar-refractivity contribution is 0.0121. The van der Waals surface area contributed by atoms with Crippen LogP contribution in [0, 0.1) is 11.2 Å². The molecule has 3 N–H and O–H groups in total. The van der Waals surface area contributed by atoms with E-state index >= 15 is 0 Å². The Hall–Kier alpha value is -2.21. The first-order chi connectivity index (χ1) is 14.6. The molecule has 3 atom stereocenters. The Balaban J connectivity index is 1.47. The Kier molecular flexibility index (Phi) is 6.52. The number of aromatic nitrogens is 1. The van der Waals surface area contributed by atoms with E-state index in [-0.39, 0.29) is 23.4 Å². The van der Waals surface area contributed by atoms with Crippen molar-refractivity contribution in [1.29, 1.82) is 0 Å². The highest BCUT2D eigenvalue weighted by atomic mass is 19.1. The lowest BCUT2D eigenvalue weighted by atomic mass is 9.75. The van der Waals surface area contributed by atoms with E-state index in [0.717, 1.165) is 50.9 Å². The fourth-order valence-electron chi connectivity index (χ4n) is 4.90. The second kappa shape index (κ2) is 9.29. The predicted octanol–water partition coefficient (Wildman–Crippen LogP) is 4.65. The van der Waals surface area contributed by atoms with E-state index in [4.69, 9.17) is 10.5 Å². The van der Waals surface area contributed by atoms with Crippen LogP contribution < -0.4 is 11.1 Å². The van der Waals surface area contributed by atoms with Crippen molar-refractivity contribution in [2.24, 2.45) is 11.1 Å². The van der Waals surface area contributed by atoms with Crippen molar-refractivity contribution in [3.05, 3.63) is 72.2 Å². The molecule has 0 spiro atoms. The maximum atomic E-state index is 13.2. The molecule has 3 unspecified atom stereocenters. The van der Waals surface area contributed by atoms with Gasteiger partial charge < -0.3 is 20.4 Å². The smallest absolute Gasteiger partial charge is 0.123 e. The Morgan fingerprint density at radius 1 is 1.20 bits per heavy atom. The minimum absolute atomic E-state index is 0.0650. The van der Waals surface area contributed by atoms with Gasteiger partial charge in [0.15, 0.2) is 0 Å². The maximum absolute atomic E-state index is 13.2. The molecule has 1 saturated heterocycles. The molecule has 4 rings (SSSR count). The van der Waals surface area contributed by atoms with Crippen molar-refractivity contribution in [1.82, 2.24) is 9.88 Å². The molecule has 0 amide bonds. The van der Waals surface area contributed by atoms with Gasteiger partial charge in [0.05, 0.1) is 6.10 Å². The van der Waals surface area contributed by atoms with Gasteiger partial charge in [0.2, 0.25) is 0 Å². The summed E-state index contributed by atoms with van der Waals surface area (Å²) < 4.78 is 21.3. The minimum Gasteiger partial charge on any atom is -0.380 e. The molecule has 1 aliphatic rings. The van der Waals surface area contributed by atoms with Gasteiger partial charge in [-0.3, -0.25) is 0 Å². The lowest BCUT2D eigenvalue weighted by Crippen LogP contribution is -2.49. The number of halogens is 1. The summed E-state index contributed by atoms with van der Waals surface area (Å²) in [5.74, 6) is -0.220. The van der Waals surface area contributed by atoms with E-state index < -0.39 is 0 Å². The van der Waals surface area contributed by atoms with Crippen molar-refractivity contribution < 1.29 is 9.13 Å². The third-order valence-corrected chi connectivity index (χ3v) is 6.57. The van der Waals surface area contributed by atoms with Crippen LogP contribution in [0.4, 0.5) is 4.39 Å². The molecular weight excluding hydrogens is 377 g/mol. The van der Waals surface area contributed by atoms with Gasteiger partial charge in [-0.2, -0.15) is 0 Å². The van der Waals surface area contributed by atoms with Crippen LogP contribution in [0.3, 0.4) is 0 Å². The number of nitrogens with one attached hydrogen (secondary N) is 1.